The zero-order valence-corrected chi connectivity index (χ0v) is 17.8. The second-order valence-corrected chi connectivity index (χ2v) is 7.22. The number of aryl methyl sites for hydroxylation is 1. The monoisotopic (exact) mass is 424 g/mol. The highest BCUT2D eigenvalue weighted by molar-refractivity contribution is 6.02. The Balaban J connectivity index is 2.39. The van der Waals surface area contributed by atoms with Crippen LogP contribution in [0.2, 0.25) is 0 Å². The summed E-state index contributed by atoms with van der Waals surface area (Å²) in [7, 11) is 1.20. The summed E-state index contributed by atoms with van der Waals surface area (Å²) >= 11 is 0. The smallest absolute Gasteiger partial charge is 0.338 e. The normalized spacial score (nSPS) is 11.9. The molecule has 0 fully saturated rings. The Morgan fingerprint density at radius 1 is 1.19 bits per heavy atom. The van der Waals surface area contributed by atoms with Crippen molar-refractivity contribution < 1.29 is 14.3 Å². The van der Waals surface area contributed by atoms with Crippen LogP contribution in [0.4, 0.5) is 0 Å². The van der Waals surface area contributed by atoms with Gasteiger partial charge in [0.2, 0.25) is 5.91 Å². The number of nitrogens with one attached hydrogen (secondary N) is 1. The largest absolute Gasteiger partial charge is 0.465 e. The summed E-state index contributed by atoms with van der Waals surface area (Å²) < 4.78 is 6.88. The molecule has 31 heavy (non-hydrogen) atoms. The molecule has 2 heterocycles. The zero-order valence-electron chi connectivity index (χ0n) is 17.8. The van der Waals surface area contributed by atoms with Crippen LogP contribution < -0.4 is 16.6 Å². The van der Waals surface area contributed by atoms with Gasteiger partial charge < -0.3 is 10.1 Å². The molecule has 0 saturated heterocycles. The number of rotatable bonds is 6. The number of hydrogen-bond donors (Lipinski definition) is 1. The molecule has 0 aliphatic rings. The molecule has 1 atom stereocenters. The Labute approximate surface area is 178 Å². The number of carbonyl (C=O) groups excluding carboxylic acids is 2. The molecular weight excluding hydrogens is 400 g/mol. The zero-order chi connectivity index (χ0) is 22.7. The van der Waals surface area contributed by atoms with Crippen LogP contribution in [-0.4, -0.2) is 39.1 Å². The van der Waals surface area contributed by atoms with Crippen molar-refractivity contribution in [3.63, 3.8) is 0 Å². The van der Waals surface area contributed by atoms with E-state index in [1.807, 2.05) is 13.8 Å². The predicted molar refractivity (Wildman–Crippen MR) is 116 cm³/mol. The molecule has 0 aliphatic heterocycles. The first-order valence-corrected chi connectivity index (χ1v) is 9.88. The van der Waals surface area contributed by atoms with E-state index in [1.165, 1.54) is 17.7 Å². The Morgan fingerprint density at radius 3 is 2.48 bits per heavy atom. The third-order valence-electron chi connectivity index (χ3n) is 4.96. The van der Waals surface area contributed by atoms with E-state index in [4.69, 9.17) is 4.74 Å². The maximum atomic E-state index is 13.3. The maximum absolute atomic E-state index is 13.3. The SMILES string of the molecule is CCC(C)NC(=O)Cn1c(=O)c2c(C(=O)OC)cc(C)nc2n(-c2ccccc2)c1=O. The number of amides is 1. The topological polar surface area (TPSA) is 112 Å². The molecule has 0 bridgehead atoms. The quantitative estimate of drug-likeness (QED) is 0.601. The van der Waals surface area contributed by atoms with Crippen molar-refractivity contribution in [3.05, 3.63) is 68.5 Å². The molecule has 1 unspecified atom stereocenters. The van der Waals surface area contributed by atoms with Gasteiger partial charge in [0.1, 0.15) is 6.54 Å². The number of carbonyl (C=O) groups is 2. The molecule has 0 radical (unpaired) electrons. The molecular formula is C22H24N4O5. The van der Waals surface area contributed by atoms with E-state index in [1.54, 1.807) is 37.3 Å². The van der Waals surface area contributed by atoms with Crippen molar-refractivity contribution in [3.8, 4) is 5.69 Å². The average Bonchev–Trinajstić information content (AvgIpc) is 2.76. The standard InChI is InChI=1S/C22H24N4O5/c1-5-13(2)23-17(27)12-25-20(28)18-16(21(29)31-4)11-14(3)24-19(18)26(22(25)30)15-9-7-6-8-10-15/h6-11,13H,5,12H2,1-4H3,(H,23,27). The number of pyridine rings is 1. The number of benzene rings is 1. The molecule has 0 aliphatic carbocycles. The van der Waals surface area contributed by atoms with E-state index in [9.17, 15) is 19.2 Å². The van der Waals surface area contributed by atoms with E-state index in [0.29, 0.717) is 17.8 Å². The second-order valence-electron chi connectivity index (χ2n) is 7.22. The predicted octanol–water partition coefficient (Wildman–Crippen LogP) is 1.56. The van der Waals surface area contributed by atoms with Gasteiger partial charge in [0.25, 0.3) is 5.56 Å². The van der Waals surface area contributed by atoms with Gasteiger partial charge in [-0.15, -0.1) is 0 Å². The molecule has 0 spiro atoms. The van der Waals surface area contributed by atoms with Crippen molar-refractivity contribution in [2.24, 2.45) is 0 Å². The van der Waals surface area contributed by atoms with Gasteiger partial charge in [-0.1, -0.05) is 25.1 Å². The summed E-state index contributed by atoms with van der Waals surface area (Å²) in [5, 5.41) is 2.66. The van der Waals surface area contributed by atoms with Gasteiger partial charge in [-0.3, -0.25) is 9.59 Å². The van der Waals surface area contributed by atoms with E-state index < -0.39 is 29.7 Å². The van der Waals surface area contributed by atoms with Crippen LogP contribution in [0.15, 0.2) is 46.0 Å². The number of methoxy groups -OCH3 is 1. The highest BCUT2D eigenvalue weighted by Crippen LogP contribution is 2.18. The van der Waals surface area contributed by atoms with Gasteiger partial charge in [-0.25, -0.2) is 23.7 Å². The van der Waals surface area contributed by atoms with Crippen molar-refractivity contribution in [1.29, 1.82) is 0 Å². The fourth-order valence-corrected chi connectivity index (χ4v) is 3.25. The number of aromatic nitrogens is 3. The van der Waals surface area contributed by atoms with Crippen LogP contribution >= 0.6 is 0 Å². The van der Waals surface area contributed by atoms with E-state index in [-0.39, 0.29) is 22.6 Å². The lowest BCUT2D eigenvalue weighted by Crippen LogP contribution is -2.45. The summed E-state index contributed by atoms with van der Waals surface area (Å²) in [6, 6.07) is 9.91. The van der Waals surface area contributed by atoms with Crippen molar-refractivity contribution in [1.82, 2.24) is 19.4 Å². The average molecular weight is 424 g/mol. The maximum Gasteiger partial charge on any atom is 0.338 e. The molecule has 1 N–H and O–H groups in total. The Bertz CT molecular complexity index is 1260. The lowest BCUT2D eigenvalue weighted by atomic mass is 10.1. The lowest BCUT2D eigenvalue weighted by Gasteiger charge is -2.16. The van der Waals surface area contributed by atoms with Crippen molar-refractivity contribution in [2.45, 2.75) is 39.8 Å². The summed E-state index contributed by atoms with van der Waals surface area (Å²) in [4.78, 5) is 55.9. The summed E-state index contributed by atoms with van der Waals surface area (Å²) in [5.74, 6) is -1.21. The van der Waals surface area contributed by atoms with E-state index >= 15 is 0 Å². The van der Waals surface area contributed by atoms with Gasteiger partial charge in [0, 0.05) is 11.7 Å². The van der Waals surface area contributed by atoms with Crippen LogP contribution in [0.25, 0.3) is 16.7 Å². The van der Waals surface area contributed by atoms with Crippen LogP contribution in [0.1, 0.15) is 36.3 Å². The molecule has 1 amide bonds. The lowest BCUT2D eigenvalue weighted by molar-refractivity contribution is -0.122. The minimum Gasteiger partial charge on any atom is -0.465 e. The third kappa shape index (κ3) is 4.25. The summed E-state index contributed by atoms with van der Waals surface area (Å²) in [6.07, 6.45) is 0.697. The first-order valence-electron chi connectivity index (χ1n) is 9.88. The number of ether oxygens (including phenoxy) is 1. The van der Waals surface area contributed by atoms with Crippen molar-refractivity contribution in [2.75, 3.05) is 7.11 Å². The fourth-order valence-electron chi connectivity index (χ4n) is 3.25. The number of esters is 1. The Kier molecular flexibility index (Phi) is 6.33. The van der Waals surface area contributed by atoms with Gasteiger partial charge in [0.15, 0.2) is 5.65 Å². The van der Waals surface area contributed by atoms with Gasteiger partial charge >= 0.3 is 11.7 Å². The minimum absolute atomic E-state index is 0.0178. The van der Waals surface area contributed by atoms with Gasteiger partial charge in [0.05, 0.1) is 23.7 Å². The fraction of sp³-hybridized carbons (Fsp3) is 0.318. The molecule has 1 aromatic carbocycles. The molecule has 2 aromatic heterocycles. The van der Waals surface area contributed by atoms with Gasteiger partial charge in [-0.05, 0) is 38.5 Å². The third-order valence-corrected chi connectivity index (χ3v) is 4.96. The molecule has 0 saturated carbocycles. The molecule has 162 valence electrons. The molecule has 9 heteroatoms. The molecule has 3 rings (SSSR count). The van der Waals surface area contributed by atoms with E-state index in [0.717, 1.165) is 4.57 Å². The highest BCUT2D eigenvalue weighted by Gasteiger charge is 2.23. The second kappa shape index (κ2) is 8.95. The van der Waals surface area contributed by atoms with Crippen LogP contribution in [0.3, 0.4) is 0 Å². The molecule has 3 aromatic rings. The van der Waals surface area contributed by atoms with E-state index in [2.05, 4.69) is 10.3 Å². The Morgan fingerprint density at radius 2 is 1.87 bits per heavy atom. The van der Waals surface area contributed by atoms with Crippen LogP contribution in [0, 0.1) is 6.92 Å². The van der Waals surface area contributed by atoms with Crippen LogP contribution in [0.5, 0.6) is 0 Å². The first kappa shape index (κ1) is 21.9. The number of para-hydroxylation sites is 1. The number of nitrogens with zero attached hydrogens (tertiary/aromatic N) is 3. The molecule has 9 nitrogen and oxygen atoms in total. The summed E-state index contributed by atoms with van der Waals surface area (Å²) in [6.45, 7) is 4.90. The van der Waals surface area contributed by atoms with Crippen molar-refractivity contribution >= 4 is 22.9 Å². The van der Waals surface area contributed by atoms with Crippen LogP contribution in [-0.2, 0) is 16.1 Å². The first-order chi connectivity index (χ1) is 14.8. The number of hydrogen-bond acceptors (Lipinski definition) is 6. The number of fused-ring (bicyclic) bond motifs is 1. The van der Waals surface area contributed by atoms with Gasteiger partial charge in [-0.2, -0.15) is 0 Å². The summed E-state index contributed by atoms with van der Waals surface area (Å²) in [5.41, 5.74) is -0.613. The highest BCUT2D eigenvalue weighted by atomic mass is 16.5. The Hall–Kier alpha value is -3.75. The minimum atomic E-state index is -0.778.